The maximum Gasteiger partial charge on any atom is 0.230 e. The number of halogens is 1. The van der Waals surface area contributed by atoms with Gasteiger partial charge in [0.2, 0.25) is 5.91 Å². The number of piperazine rings is 1. The van der Waals surface area contributed by atoms with Crippen molar-refractivity contribution in [2.45, 2.75) is 24.8 Å². The summed E-state index contributed by atoms with van der Waals surface area (Å²) in [6.07, 6.45) is 3.60. The Kier molecular flexibility index (Phi) is 5.06. The predicted molar refractivity (Wildman–Crippen MR) is 108 cm³/mol. The van der Waals surface area contributed by atoms with E-state index in [0.717, 1.165) is 56.0 Å². The number of hydrogen-bond donors (Lipinski definition) is 1. The molecule has 6 heteroatoms. The molecule has 2 heterocycles. The van der Waals surface area contributed by atoms with Crippen LogP contribution in [0.1, 0.15) is 24.0 Å². The molecule has 142 valence electrons. The highest BCUT2D eigenvalue weighted by molar-refractivity contribution is 6.30. The average molecular weight is 385 g/mol. The molecule has 1 aliphatic carbocycles. The third-order valence-corrected chi connectivity index (χ3v) is 5.94. The number of amides is 1. The van der Waals surface area contributed by atoms with Gasteiger partial charge in [-0.25, -0.2) is 4.98 Å². The third kappa shape index (κ3) is 3.80. The molecule has 1 saturated heterocycles. The van der Waals surface area contributed by atoms with Gasteiger partial charge in [-0.2, -0.15) is 0 Å². The largest absolute Gasteiger partial charge is 0.354 e. The van der Waals surface area contributed by atoms with E-state index in [-0.39, 0.29) is 11.3 Å². The minimum Gasteiger partial charge on any atom is -0.354 e. The van der Waals surface area contributed by atoms with Crippen molar-refractivity contribution in [1.29, 1.82) is 0 Å². The minimum absolute atomic E-state index is 0.0954. The second kappa shape index (κ2) is 7.49. The Morgan fingerprint density at radius 1 is 1.15 bits per heavy atom. The summed E-state index contributed by atoms with van der Waals surface area (Å²) in [6, 6.07) is 11.6. The quantitative estimate of drug-likeness (QED) is 0.861. The molecule has 0 radical (unpaired) electrons. The maximum absolute atomic E-state index is 12.9. The lowest BCUT2D eigenvalue weighted by atomic mass is 9.95. The zero-order chi connectivity index (χ0) is 18.9. The normalized spacial score (nSPS) is 19.0. The first-order valence-electron chi connectivity index (χ1n) is 9.50. The fourth-order valence-electron chi connectivity index (χ4n) is 3.76. The number of hydrogen-bond acceptors (Lipinski definition) is 4. The first-order valence-corrected chi connectivity index (χ1v) is 9.88. The molecule has 1 aromatic carbocycles. The molecule has 1 amide bonds. The number of nitrogens with one attached hydrogen (secondary N) is 1. The first kappa shape index (κ1) is 18.3. The second-order valence-corrected chi connectivity index (χ2v) is 7.98. The molecular formula is C21H25ClN4O. The summed E-state index contributed by atoms with van der Waals surface area (Å²) in [5.41, 5.74) is 1.73. The van der Waals surface area contributed by atoms with E-state index in [1.165, 1.54) is 0 Å². The highest BCUT2D eigenvalue weighted by Crippen LogP contribution is 2.48. The predicted octanol–water partition coefficient (Wildman–Crippen LogP) is 2.83. The molecule has 1 aromatic heterocycles. The Morgan fingerprint density at radius 2 is 1.85 bits per heavy atom. The average Bonchev–Trinajstić information content (AvgIpc) is 3.50. The Morgan fingerprint density at radius 3 is 2.52 bits per heavy atom. The zero-order valence-corrected chi connectivity index (χ0v) is 16.4. The summed E-state index contributed by atoms with van der Waals surface area (Å²) >= 11 is 5.99. The van der Waals surface area contributed by atoms with Crippen LogP contribution in [0.3, 0.4) is 0 Å². The van der Waals surface area contributed by atoms with Crippen molar-refractivity contribution in [2.24, 2.45) is 0 Å². The van der Waals surface area contributed by atoms with E-state index in [2.05, 4.69) is 33.2 Å². The van der Waals surface area contributed by atoms with Crippen molar-refractivity contribution >= 4 is 23.3 Å². The molecule has 4 rings (SSSR count). The van der Waals surface area contributed by atoms with Gasteiger partial charge in [0.15, 0.2) is 0 Å². The molecule has 0 atom stereocenters. The van der Waals surface area contributed by atoms with E-state index in [1.807, 2.05) is 36.5 Å². The molecule has 1 N–H and O–H groups in total. The number of aromatic nitrogens is 1. The Labute approximate surface area is 165 Å². The Hall–Kier alpha value is -2.11. The van der Waals surface area contributed by atoms with Crippen LogP contribution in [0.15, 0.2) is 42.6 Å². The summed E-state index contributed by atoms with van der Waals surface area (Å²) in [4.78, 5) is 22.2. The fourth-order valence-corrected chi connectivity index (χ4v) is 3.88. The van der Waals surface area contributed by atoms with Gasteiger partial charge in [-0.1, -0.05) is 29.8 Å². The van der Waals surface area contributed by atoms with E-state index in [0.29, 0.717) is 11.6 Å². The molecular weight excluding hydrogens is 360 g/mol. The van der Waals surface area contributed by atoms with Crippen molar-refractivity contribution < 1.29 is 4.79 Å². The van der Waals surface area contributed by atoms with E-state index in [4.69, 9.17) is 11.6 Å². The van der Waals surface area contributed by atoms with E-state index < -0.39 is 0 Å². The van der Waals surface area contributed by atoms with Gasteiger partial charge >= 0.3 is 0 Å². The fraction of sp³-hybridized carbons (Fsp3) is 0.429. The number of likely N-dealkylation sites (N-methyl/N-ethyl adjacent to an activating group) is 1. The summed E-state index contributed by atoms with van der Waals surface area (Å²) in [7, 11) is 2.14. The molecule has 0 bridgehead atoms. The Balaban J connectivity index is 1.45. The number of nitrogens with zero attached hydrogens (tertiary/aromatic N) is 3. The molecule has 2 aliphatic rings. The van der Waals surface area contributed by atoms with Crippen LogP contribution in [0.4, 0.5) is 5.82 Å². The van der Waals surface area contributed by atoms with Crippen molar-refractivity contribution in [1.82, 2.24) is 15.2 Å². The summed E-state index contributed by atoms with van der Waals surface area (Å²) in [6.45, 7) is 4.49. The van der Waals surface area contributed by atoms with E-state index in [1.54, 1.807) is 0 Å². The van der Waals surface area contributed by atoms with Crippen LogP contribution < -0.4 is 10.2 Å². The van der Waals surface area contributed by atoms with Gasteiger partial charge in [-0.05, 0) is 43.7 Å². The number of anilines is 1. The van der Waals surface area contributed by atoms with Crippen LogP contribution in [0, 0.1) is 0 Å². The van der Waals surface area contributed by atoms with Gasteiger partial charge in [-0.15, -0.1) is 0 Å². The lowest BCUT2D eigenvalue weighted by Gasteiger charge is -2.34. The summed E-state index contributed by atoms with van der Waals surface area (Å²) in [5, 5.41) is 3.85. The molecule has 2 fully saturated rings. The van der Waals surface area contributed by atoms with Gasteiger partial charge in [0.1, 0.15) is 5.82 Å². The van der Waals surface area contributed by atoms with Crippen LogP contribution >= 0.6 is 11.6 Å². The van der Waals surface area contributed by atoms with Crippen LogP contribution in [-0.4, -0.2) is 49.0 Å². The van der Waals surface area contributed by atoms with Crippen LogP contribution in [0.5, 0.6) is 0 Å². The molecule has 0 spiro atoms. The molecule has 27 heavy (non-hydrogen) atoms. The smallest absolute Gasteiger partial charge is 0.230 e. The number of pyridine rings is 1. The van der Waals surface area contributed by atoms with Gasteiger partial charge in [0, 0.05) is 49.5 Å². The van der Waals surface area contributed by atoms with E-state index >= 15 is 0 Å². The van der Waals surface area contributed by atoms with E-state index in [9.17, 15) is 4.79 Å². The van der Waals surface area contributed by atoms with Gasteiger partial charge < -0.3 is 15.1 Å². The number of carbonyl (C=O) groups is 1. The number of carbonyl (C=O) groups excluding carboxylic acids is 1. The third-order valence-electron chi connectivity index (χ3n) is 5.69. The highest BCUT2D eigenvalue weighted by Gasteiger charge is 2.51. The molecule has 2 aromatic rings. The van der Waals surface area contributed by atoms with Crippen LogP contribution in [0.2, 0.25) is 5.02 Å². The minimum atomic E-state index is -0.388. The van der Waals surface area contributed by atoms with Crippen molar-refractivity contribution in [3.63, 3.8) is 0 Å². The lowest BCUT2D eigenvalue weighted by molar-refractivity contribution is -0.123. The summed E-state index contributed by atoms with van der Waals surface area (Å²) < 4.78 is 0. The standard InChI is InChI=1S/C21H25ClN4O/c1-25-11-13-26(14-12-25)19-16(3-2-10-23-19)15-24-20(27)21(8-9-21)17-4-6-18(22)7-5-17/h2-7,10H,8-9,11-15H2,1H3,(H,24,27). The van der Waals surface area contributed by atoms with Crippen LogP contribution in [-0.2, 0) is 16.8 Å². The first-order chi connectivity index (χ1) is 13.1. The zero-order valence-electron chi connectivity index (χ0n) is 15.6. The SMILES string of the molecule is CN1CCN(c2ncccc2CNC(=O)C2(c3ccc(Cl)cc3)CC2)CC1. The molecule has 5 nitrogen and oxygen atoms in total. The topological polar surface area (TPSA) is 48.5 Å². The second-order valence-electron chi connectivity index (χ2n) is 7.55. The highest BCUT2D eigenvalue weighted by atomic mass is 35.5. The molecule has 0 unspecified atom stereocenters. The van der Waals surface area contributed by atoms with Crippen LogP contribution in [0.25, 0.3) is 0 Å². The Bertz CT molecular complexity index is 811. The monoisotopic (exact) mass is 384 g/mol. The molecule has 1 aliphatic heterocycles. The van der Waals surface area contributed by atoms with Gasteiger partial charge in [-0.3, -0.25) is 4.79 Å². The van der Waals surface area contributed by atoms with Crippen molar-refractivity contribution in [3.05, 3.63) is 58.7 Å². The maximum atomic E-state index is 12.9. The van der Waals surface area contributed by atoms with Gasteiger partial charge in [0.05, 0.1) is 5.41 Å². The van der Waals surface area contributed by atoms with Crippen molar-refractivity contribution in [3.8, 4) is 0 Å². The van der Waals surface area contributed by atoms with Gasteiger partial charge in [0.25, 0.3) is 0 Å². The number of rotatable bonds is 5. The molecule has 1 saturated carbocycles. The number of benzene rings is 1. The van der Waals surface area contributed by atoms with Crippen molar-refractivity contribution in [2.75, 3.05) is 38.1 Å². The summed E-state index contributed by atoms with van der Waals surface area (Å²) in [5.74, 6) is 1.08. The lowest BCUT2D eigenvalue weighted by Crippen LogP contribution is -2.45.